The second-order valence-electron chi connectivity index (χ2n) is 5.99. The van der Waals surface area contributed by atoms with E-state index in [4.69, 9.17) is 4.74 Å². The molecule has 0 heterocycles. The third-order valence-corrected chi connectivity index (χ3v) is 4.69. The number of nitrogens with one attached hydrogen (secondary N) is 2. The number of carboxylic acids is 1. The van der Waals surface area contributed by atoms with Crippen molar-refractivity contribution in [1.29, 1.82) is 0 Å². The van der Waals surface area contributed by atoms with Crippen LogP contribution in [0, 0.1) is 23.7 Å². The molecule has 7 nitrogen and oxygen atoms in total. The summed E-state index contributed by atoms with van der Waals surface area (Å²) in [6.45, 7) is 0. The Morgan fingerprint density at radius 1 is 1.04 bits per heavy atom. The Hall–Kier alpha value is -2.83. The molecule has 2 N–H and O–H groups in total. The molecular formula is C17H17N2O5-. The van der Waals surface area contributed by atoms with Crippen LogP contribution in [0.1, 0.15) is 16.8 Å². The molecular weight excluding hydrogens is 312 g/mol. The molecule has 3 rings (SSSR count). The van der Waals surface area contributed by atoms with Crippen LogP contribution in [0.3, 0.4) is 0 Å². The standard InChI is InChI=1S/C17H18N2O5/c1-24-12-6-4-9(5-7-12)15(20)18-19-16(21)13-10-2-3-11(8-10)14(13)17(22)23/h2-7,10-11,13-14H,8H2,1H3,(H,18,20)(H,19,21)(H,22,23)/p-1/t10-,11+,13-,14+/m1/s1. The molecule has 1 aromatic carbocycles. The van der Waals surface area contributed by atoms with E-state index in [1.54, 1.807) is 24.3 Å². The van der Waals surface area contributed by atoms with E-state index >= 15 is 0 Å². The normalized spacial score (nSPS) is 26.9. The predicted octanol–water partition coefficient (Wildman–Crippen LogP) is -0.356. The van der Waals surface area contributed by atoms with E-state index in [2.05, 4.69) is 10.9 Å². The van der Waals surface area contributed by atoms with E-state index in [9.17, 15) is 19.5 Å². The number of methoxy groups -OCH3 is 1. The molecule has 1 saturated carbocycles. The van der Waals surface area contributed by atoms with Gasteiger partial charge >= 0.3 is 0 Å². The van der Waals surface area contributed by atoms with Gasteiger partial charge in [-0.15, -0.1) is 0 Å². The van der Waals surface area contributed by atoms with E-state index < -0.39 is 29.6 Å². The molecule has 0 radical (unpaired) electrons. The molecule has 0 unspecified atom stereocenters. The molecule has 2 amide bonds. The monoisotopic (exact) mass is 329 g/mol. The fraction of sp³-hybridized carbons (Fsp3) is 0.353. The van der Waals surface area contributed by atoms with E-state index in [1.807, 2.05) is 12.2 Å². The number of benzene rings is 1. The van der Waals surface area contributed by atoms with Crippen LogP contribution >= 0.6 is 0 Å². The average molecular weight is 329 g/mol. The highest BCUT2D eigenvalue weighted by Crippen LogP contribution is 2.47. The zero-order valence-corrected chi connectivity index (χ0v) is 13.0. The summed E-state index contributed by atoms with van der Waals surface area (Å²) in [6.07, 6.45) is 4.31. The molecule has 0 saturated heterocycles. The van der Waals surface area contributed by atoms with Gasteiger partial charge in [-0.3, -0.25) is 20.4 Å². The Balaban J connectivity index is 1.61. The lowest BCUT2D eigenvalue weighted by Crippen LogP contribution is -2.50. The van der Waals surface area contributed by atoms with Crippen LogP contribution in [0.4, 0.5) is 0 Å². The zero-order chi connectivity index (χ0) is 17.3. The molecule has 1 fully saturated rings. The lowest BCUT2D eigenvalue weighted by atomic mass is 9.82. The molecule has 7 heteroatoms. The SMILES string of the molecule is COc1ccc(C(=O)NNC(=O)[C@H]2[C@@H](C(=O)[O-])[C@H]3C=C[C@@H]2C3)cc1. The number of hydrazine groups is 1. The summed E-state index contributed by atoms with van der Waals surface area (Å²) in [5.41, 5.74) is 4.99. The maximum Gasteiger partial charge on any atom is 0.269 e. The second-order valence-corrected chi connectivity index (χ2v) is 5.99. The van der Waals surface area contributed by atoms with Crippen molar-refractivity contribution < 1.29 is 24.2 Å². The highest BCUT2D eigenvalue weighted by Gasteiger charge is 2.48. The molecule has 2 aliphatic carbocycles. The fourth-order valence-electron chi connectivity index (χ4n) is 3.52. The van der Waals surface area contributed by atoms with Gasteiger partial charge in [-0.2, -0.15) is 0 Å². The molecule has 1 aromatic rings. The summed E-state index contributed by atoms with van der Waals surface area (Å²) >= 11 is 0. The first-order chi connectivity index (χ1) is 11.5. The van der Waals surface area contributed by atoms with Gasteiger partial charge in [-0.1, -0.05) is 12.2 Å². The van der Waals surface area contributed by atoms with Gasteiger partial charge in [-0.05, 0) is 42.5 Å². The van der Waals surface area contributed by atoms with Crippen molar-refractivity contribution in [3.63, 3.8) is 0 Å². The van der Waals surface area contributed by atoms with Gasteiger partial charge in [0.2, 0.25) is 5.91 Å². The van der Waals surface area contributed by atoms with Crippen molar-refractivity contribution in [3.05, 3.63) is 42.0 Å². The second kappa shape index (κ2) is 6.35. The number of carbonyl (C=O) groups excluding carboxylic acids is 3. The third-order valence-electron chi connectivity index (χ3n) is 4.69. The number of ether oxygens (including phenoxy) is 1. The number of amides is 2. The number of carbonyl (C=O) groups is 3. The first-order valence-electron chi connectivity index (χ1n) is 7.64. The van der Waals surface area contributed by atoms with Gasteiger partial charge in [0.05, 0.1) is 13.0 Å². The minimum absolute atomic E-state index is 0.129. The Morgan fingerprint density at radius 2 is 1.67 bits per heavy atom. The smallest absolute Gasteiger partial charge is 0.269 e. The number of hydrogen-bond acceptors (Lipinski definition) is 5. The topological polar surface area (TPSA) is 108 Å². The number of carboxylic acid groups (broad SMARTS) is 1. The molecule has 2 bridgehead atoms. The predicted molar refractivity (Wildman–Crippen MR) is 81.3 cm³/mol. The van der Waals surface area contributed by atoms with Crippen LogP contribution in [0.25, 0.3) is 0 Å². The van der Waals surface area contributed by atoms with Crippen LogP contribution < -0.4 is 20.7 Å². The molecule has 0 aliphatic heterocycles. The van der Waals surface area contributed by atoms with Gasteiger partial charge in [0, 0.05) is 17.5 Å². The Bertz CT molecular complexity index is 697. The van der Waals surface area contributed by atoms with E-state index in [1.165, 1.54) is 7.11 Å². The molecule has 126 valence electrons. The van der Waals surface area contributed by atoms with Crippen molar-refractivity contribution in [3.8, 4) is 5.75 Å². The summed E-state index contributed by atoms with van der Waals surface area (Å²) < 4.78 is 5.01. The van der Waals surface area contributed by atoms with Gasteiger partial charge < -0.3 is 14.6 Å². The lowest BCUT2D eigenvalue weighted by Gasteiger charge is -2.27. The third kappa shape index (κ3) is 2.84. The number of rotatable bonds is 4. The molecule has 4 atom stereocenters. The van der Waals surface area contributed by atoms with E-state index in [-0.39, 0.29) is 11.8 Å². The van der Waals surface area contributed by atoms with Gasteiger partial charge in [0.15, 0.2) is 0 Å². The first-order valence-corrected chi connectivity index (χ1v) is 7.64. The highest BCUT2D eigenvalue weighted by molar-refractivity contribution is 5.96. The average Bonchev–Trinajstić information content (AvgIpc) is 3.20. The lowest BCUT2D eigenvalue weighted by molar-refractivity contribution is -0.313. The molecule has 0 aromatic heterocycles. The van der Waals surface area contributed by atoms with Crippen molar-refractivity contribution in [2.24, 2.45) is 23.7 Å². The summed E-state index contributed by atoms with van der Waals surface area (Å²) in [5, 5.41) is 11.3. The maximum absolute atomic E-state index is 12.3. The van der Waals surface area contributed by atoms with Gasteiger partial charge in [0.25, 0.3) is 5.91 Å². The first kappa shape index (κ1) is 16.0. The number of aliphatic carboxylic acids is 1. The minimum atomic E-state index is -1.23. The van der Waals surface area contributed by atoms with E-state index in [0.29, 0.717) is 17.7 Å². The molecule has 2 aliphatic rings. The van der Waals surface area contributed by atoms with Crippen molar-refractivity contribution in [2.75, 3.05) is 7.11 Å². The number of allylic oxidation sites excluding steroid dienone is 2. The number of fused-ring (bicyclic) bond motifs is 2. The van der Waals surface area contributed by atoms with Crippen LogP contribution in [0.15, 0.2) is 36.4 Å². The van der Waals surface area contributed by atoms with Crippen LogP contribution in [0.2, 0.25) is 0 Å². The molecule has 0 spiro atoms. The zero-order valence-electron chi connectivity index (χ0n) is 13.0. The van der Waals surface area contributed by atoms with E-state index in [0.717, 1.165) is 0 Å². The van der Waals surface area contributed by atoms with Crippen LogP contribution in [-0.2, 0) is 9.59 Å². The Morgan fingerprint density at radius 3 is 2.25 bits per heavy atom. The Labute approximate surface area is 138 Å². The van der Waals surface area contributed by atoms with Gasteiger partial charge in [0.1, 0.15) is 5.75 Å². The Kier molecular flexibility index (Phi) is 4.24. The quantitative estimate of drug-likeness (QED) is 0.580. The summed E-state index contributed by atoms with van der Waals surface area (Å²) in [7, 11) is 1.52. The summed E-state index contributed by atoms with van der Waals surface area (Å²) in [5.74, 6) is -3.49. The van der Waals surface area contributed by atoms with Crippen molar-refractivity contribution in [1.82, 2.24) is 10.9 Å². The van der Waals surface area contributed by atoms with Gasteiger partial charge in [-0.25, -0.2) is 0 Å². The number of hydrogen-bond donors (Lipinski definition) is 2. The fourth-order valence-corrected chi connectivity index (χ4v) is 3.52. The van der Waals surface area contributed by atoms with Crippen LogP contribution in [-0.4, -0.2) is 24.9 Å². The van der Waals surface area contributed by atoms with Crippen molar-refractivity contribution in [2.45, 2.75) is 6.42 Å². The summed E-state index contributed by atoms with van der Waals surface area (Å²) in [4.78, 5) is 35.6. The largest absolute Gasteiger partial charge is 0.550 e. The van der Waals surface area contributed by atoms with Crippen molar-refractivity contribution >= 4 is 17.8 Å². The maximum atomic E-state index is 12.3. The minimum Gasteiger partial charge on any atom is -0.550 e. The van der Waals surface area contributed by atoms with Crippen LogP contribution in [0.5, 0.6) is 5.75 Å². The highest BCUT2D eigenvalue weighted by atomic mass is 16.5. The molecule has 24 heavy (non-hydrogen) atoms. The summed E-state index contributed by atoms with van der Waals surface area (Å²) in [6, 6.07) is 6.38.